The first-order chi connectivity index (χ1) is 13.3. The summed E-state index contributed by atoms with van der Waals surface area (Å²) >= 11 is 18.7. The fourth-order valence-corrected chi connectivity index (χ4v) is 6.82. The molecule has 1 atom stereocenters. The Kier molecular flexibility index (Phi) is 6.12. The number of carbonyl (C=O) groups excluding carboxylic acids is 2. The zero-order valence-electron chi connectivity index (χ0n) is 14.7. The molecule has 0 fully saturated rings. The van der Waals surface area contributed by atoms with E-state index in [-0.39, 0.29) is 31.5 Å². The fraction of sp³-hybridized carbons (Fsp3) is 0.0476. The van der Waals surface area contributed by atoms with Crippen LogP contribution in [0.5, 0.6) is 0 Å². The van der Waals surface area contributed by atoms with Gasteiger partial charge in [0.05, 0.1) is 20.6 Å². The number of carbonyl (C=O) groups is 2. The lowest BCUT2D eigenvalue weighted by Gasteiger charge is -2.20. The molecule has 0 saturated carbocycles. The van der Waals surface area contributed by atoms with Gasteiger partial charge in [0.1, 0.15) is 0 Å². The van der Waals surface area contributed by atoms with E-state index in [4.69, 9.17) is 34.8 Å². The molecule has 142 valence electrons. The Balaban J connectivity index is 2.34. The first-order valence-electron chi connectivity index (χ1n) is 8.23. The van der Waals surface area contributed by atoms with Crippen LogP contribution in [0.2, 0.25) is 15.1 Å². The molecule has 0 heterocycles. The van der Waals surface area contributed by atoms with Crippen LogP contribution in [0.3, 0.4) is 0 Å². The Hall–Kier alpha value is -1.90. The normalized spacial score (nSPS) is 13.0. The SMILES string of the molecule is Cc1cccc(Cl)c1P(=O)(C(=O)c1ccccc1)C(=O)c1c(Cl)cccc1Cl. The second kappa shape index (κ2) is 8.23. The minimum atomic E-state index is -4.41. The van der Waals surface area contributed by atoms with Crippen molar-refractivity contribution in [3.8, 4) is 0 Å². The van der Waals surface area contributed by atoms with Gasteiger partial charge in [-0.2, -0.15) is 0 Å². The quantitative estimate of drug-likeness (QED) is 0.409. The summed E-state index contributed by atoms with van der Waals surface area (Å²) in [7, 11) is -4.41. The van der Waals surface area contributed by atoms with Crippen LogP contribution in [0.25, 0.3) is 0 Å². The van der Waals surface area contributed by atoms with Crippen LogP contribution < -0.4 is 5.30 Å². The summed E-state index contributed by atoms with van der Waals surface area (Å²) < 4.78 is 14.3. The molecule has 3 nitrogen and oxygen atoms in total. The molecule has 0 aromatic heterocycles. The van der Waals surface area contributed by atoms with Crippen LogP contribution in [-0.2, 0) is 4.57 Å². The number of halogens is 3. The van der Waals surface area contributed by atoms with E-state index in [0.717, 1.165) is 0 Å². The van der Waals surface area contributed by atoms with Crippen LogP contribution in [0, 0.1) is 6.92 Å². The van der Waals surface area contributed by atoms with E-state index >= 15 is 0 Å². The van der Waals surface area contributed by atoms with Crippen molar-refractivity contribution in [2.75, 3.05) is 0 Å². The number of hydrogen-bond donors (Lipinski definition) is 0. The molecule has 3 aromatic rings. The topological polar surface area (TPSA) is 51.2 Å². The average molecular weight is 452 g/mol. The predicted molar refractivity (Wildman–Crippen MR) is 115 cm³/mol. The molecule has 0 bridgehead atoms. The lowest BCUT2D eigenvalue weighted by atomic mass is 10.2. The summed E-state index contributed by atoms with van der Waals surface area (Å²) in [4.78, 5) is 26.9. The van der Waals surface area contributed by atoms with Crippen LogP contribution in [0.4, 0.5) is 0 Å². The summed E-state index contributed by atoms with van der Waals surface area (Å²) in [6.07, 6.45) is 0. The molecule has 0 radical (unpaired) electrons. The van der Waals surface area contributed by atoms with Crippen molar-refractivity contribution in [2.24, 2.45) is 0 Å². The second-order valence-corrected chi connectivity index (χ2v) is 9.79. The summed E-state index contributed by atoms with van der Waals surface area (Å²) in [5.74, 6) is 0. The Labute approximate surface area is 177 Å². The maximum absolute atomic E-state index is 14.3. The molecule has 7 heteroatoms. The molecule has 3 aromatic carbocycles. The van der Waals surface area contributed by atoms with Crippen LogP contribution in [0.1, 0.15) is 26.3 Å². The number of aryl methyl sites for hydroxylation is 1. The third-order valence-corrected chi connectivity index (χ3v) is 8.20. The average Bonchev–Trinajstić information content (AvgIpc) is 2.67. The van der Waals surface area contributed by atoms with E-state index in [0.29, 0.717) is 5.56 Å². The highest BCUT2D eigenvalue weighted by Crippen LogP contribution is 2.54. The molecule has 0 saturated heterocycles. The predicted octanol–water partition coefficient (Wildman–Crippen LogP) is 6.62. The summed E-state index contributed by atoms with van der Waals surface area (Å²) in [5.41, 5.74) is -1.30. The zero-order valence-corrected chi connectivity index (χ0v) is 17.8. The monoisotopic (exact) mass is 450 g/mol. The minimum absolute atomic E-state index is 0.00602. The van der Waals surface area contributed by atoms with Crippen LogP contribution in [0.15, 0.2) is 66.7 Å². The van der Waals surface area contributed by atoms with Crippen molar-refractivity contribution >= 4 is 58.3 Å². The third kappa shape index (κ3) is 3.56. The van der Waals surface area contributed by atoms with E-state index in [1.165, 1.54) is 30.3 Å². The van der Waals surface area contributed by atoms with Gasteiger partial charge in [-0.1, -0.05) is 83.3 Å². The van der Waals surface area contributed by atoms with Gasteiger partial charge in [-0.25, -0.2) is 0 Å². The molecule has 0 N–H and O–H groups in total. The highest BCUT2D eigenvalue weighted by atomic mass is 35.5. The first kappa shape index (κ1) is 20.8. The van der Waals surface area contributed by atoms with E-state index in [9.17, 15) is 14.2 Å². The minimum Gasteiger partial charge on any atom is -0.302 e. The summed E-state index contributed by atoms with van der Waals surface area (Å²) in [5, 5.41) is 0.113. The Morgan fingerprint density at radius 1 is 0.714 bits per heavy atom. The van der Waals surface area contributed by atoms with E-state index in [2.05, 4.69) is 0 Å². The maximum Gasteiger partial charge on any atom is 0.250 e. The van der Waals surface area contributed by atoms with Gasteiger partial charge in [0, 0.05) is 10.9 Å². The van der Waals surface area contributed by atoms with E-state index in [1.54, 1.807) is 43.3 Å². The second-order valence-electron chi connectivity index (χ2n) is 6.09. The largest absolute Gasteiger partial charge is 0.302 e. The van der Waals surface area contributed by atoms with Gasteiger partial charge in [-0.3, -0.25) is 9.59 Å². The molecule has 28 heavy (non-hydrogen) atoms. The van der Waals surface area contributed by atoms with E-state index < -0.39 is 18.2 Å². The Bertz CT molecular complexity index is 1090. The van der Waals surface area contributed by atoms with Gasteiger partial charge in [0.15, 0.2) is 0 Å². The Morgan fingerprint density at radius 3 is 1.82 bits per heavy atom. The van der Waals surface area contributed by atoms with Crippen molar-refractivity contribution in [1.29, 1.82) is 0 Å². The maximum atomic E-state index is 14.3. The molecule has 0 aliphatic rings. The highest BCUT2D eigenvalue weighted by Gasteiger charge is 2.46. The van der Waals surface area contributed by atoms with Gasteiger partial charge in [0.25, 0.3) is 7.14 Å². The van der Waals surface area contributed by atoms with Crippen molar-refractivity contribution in [1.82, 2.24) is 0 Å². The fourth-order valence-electron chi connectivity index (χ4n) is 2.94. The van der Waals surface area contributed by atoms with Gasteiger partial charge >= 0.3 is 0 Å². The molecule has 1 unspecified atom stereocenters. The number of hydrogen-bond acceptors (Lipinski definition) is 3. The zero-order chi connectivity index (χ0) is 20.5. The first-order valence-corrected chi connectivity index (χ1v) is 11.1. The van der Waals surface area contributed by atoms with Gasteiger partial charge in [-0.15, -0.1) is 0 Å². The molecule has 0 amide bonds. The summed E-state index contributed by atoms with van der Waals surface area (Å²) in [6.45, 7) is 1.65. The van der Waals surface area contributed by atoms with Gasteiger partial charge in [0.2, 0.25) is 11.0 Å². The summed E-state index contributed by atoms with van der Waals surface area (Å²) in [6, 6.07) is 17.3. The Morgan fingerprint density at radius 2 is 1.25 bits per heavy atom. The molecule has 0 aliphatic heterocycles. The third-order valence-electron chi connectivity index (χ3n) is 4.27. The van der Waals surface area contributed by atoms with Gasteiger partial charge in [-0.05, 0) is 30.7 Å². The van der Waals surface area contributed by atoms with Crippen LogP contribution in [-0.4, -0.2) is 11.0 Å². The molecular weight excluding hydrogens is 438 g/mol. The van der Waals surface area contributed by atoms with Crippen LogP contribution >= 0.6 is 41.9 Å². The van der Waals surface area contributed by atoms with E-state index in [1.807, 2.05) is 0 Å². The van der Waals surface area contributed by atoms with Gasteiger partial charge < -0.3 is 4.57 Å². The molecule has 0 spiro atoms. The molecule has 0 aliphatic carbocycles. The standard InChI is InChI=1S/C21H14Cl3O3P/c1-13-7-5-12-17(24)19(13)28(27,20(25)14-8-3-2-4-9-14)21(26)18-15(22)10-6-11-16(18)23/h2-12H,1H3. The van der Waals surface area contributed by atoms with Crippen molar-refractivity contribution in [3.63, 3.8) is 0 Å². The smallest absolute Gasteiger partial charge is 0.250 e. The van der Waals surface area contributed by atoms with Crippen molar-refractivity contribution in [2.45, 2.75) is 6.92 Å². The molecular formula is C21H14Cl3O3P. The van der Waals surface area contributed by atoms with Crippen molar-refractivity contribution in [3.05, 3.63) is 98.5 Å². The highest BCUT2D eigenvalue weighted by molar-refractivity contribution is 8.01. The lowest BCUT2D eigenvalue weighted by Crippen LogP contribution is -2.24. The number of rotatable bonds is 5. The van der Waals surface area contributed by atoms with Crippen molar-refractivity contribution < 1.29 is 14.2 Å². The number of benzene rings is 3. The molecule has 3 rings (SSSR count). The lowest BCUT2D eigenvalue weighted by molar-refractivity contribution is 0.104.